The number of hydrogen-bond donors (Lipinski definition) is 3. The molecule has 0 bridgehead atoms. The third-order valence-electron chi connectivity index (χ3n) is 3.01. The number of methoxy groups -OCH3 is 1. The van der Waals surface area contributed by atoms with Crippen LogP contribution < -0.4 is 15.2 Å². The van der Waals surface area contributed by atoms with E-state index < -0.39 is 27.9 Å². The third kappa shape index (κ3) is 5.08. The van der Waals surface area contributed by atoms with E-state index in [-0.39, 0.29) is 28.5 Å². The van der Waals surface area contributed by atoms with Crippen LogP contribution in [0, 0.1) is 6.92 Å². The van der Waals surface area contributed by atoms with Crippen molar-refractivity contribution in [1.29, 1.82) is 0 Å². The van der Waals surface area contributed by atoms with Gasteiger partial charge in [0.1, 0.15) is 16.7 Å². The van der Waals surface area contributed by atoms with Crippen LogP contribution in [-0.2, 0) is 19.6 Å². The maximum atomic E-state index is 12.4. The first-order valence-electron chi connectivity index (χ1n) is 6.46. The van der Waals surface area contributed by atoms with E-state index in [0.29, 0.717) is 5.56 Å². The van der Waals surface area contributed by atoms with Crippen molar-refractivity contribution in [3.8, 4) is 5.75 Å². The maximum Gasteiger partial charge on any atom is 0.321 e. The van der Waals surface area contributed by atoms with E-state index in [9.17, 15) is 18.0 Å². The van der Waals surface area contributed by atoms with Gasteiger partial charge in [-0.25, -0.2) is 8.42 Å². The summed E-state index contributed by atoms with van der Waals surface area (Å²) in [5.41, 5.74) is 5.55. The number of rotatable bonds is 8. The Kier molecular flexibility index (Phi) is 6.37. The highest BCUT2D eigenvalue weighted by molar-refractivity contribution is 7.89. The van der Waals surface area contributed by atoms with Crippen molar-refractivity contribution < 1.29 is 27.9 Å². The summed E-state index contributed by atoms with van der Waals surface area (Å²) in [7, 11) is -2.95. The number of carboxylic acids is 1. The van der Waals surface area contributed by atoms with E-state index in [1.165, 1.54) is 19.2 Å². The molecule has 8 nitrogen and oxygen atoms in total. The first-order chi connectivity index (χ1) is 10.6. The van der Waals surface area contributed by atoms with Gasteiger partial charge in [-0.05, 0) is 31.0 Å². The molecule has 0 fully saturated rings. The standard InChI is InChI=1S/C13H17ClN2O6S/c1-7-5-10(22-2)11(6-8(7)14)23(20,21)16-9(13(18)19)3-4-12(15)17/h5-6,9,16H,3-4H2,1-2H3,(H2,15,17)(H,18,19)/t9-/m0/s1. The normalized spacial score (nSPS) is 12.7. The van der Waals surface area contributed by atoms with Crippen LogP contribution >= 0.6 is 11.6 Å². The van der Waals surface area contributed by atoms with Crippen molar-refractivity contribution in [3.05, 3.63) is 22.7 Å². The number of carbonyl (C=O) groups is 2. The highest BCUT2D eigenvalue weighted by atomic mass is 35.5. The van der Waals surface area contributed by atoms with Crippen molar-refractivity contribution in [2.75, 3.05) is 7.11 Å². The van der Waals surface area contributed by atoms with Gasteiger partial charge in [-0.15, -0.1) is 0 Å². The summed E-state index contributed by atoms with van der Waals surface area (Å²) in [5.74, 6) is -2.13. The van der Waals surface area contributed by atoms with E-state index in [1.54, 1.807) is 6.92 Å². The lowest BCUT2D eigenvalue weighted by molar-refractivity contribution is -0.139. The molecule has 0 aromatic heterocycles. The number of primary amides is 1. The Balaban J connectivity index is 3.17. The van der Waals surface area contributed by atoms with Crippen molar-refractivity contribution in [2.24, 2.45) is 5.73 Å². The SMILES string of the molecule is COc1cc(C)c(Cl)cc1S(=O)(=O)N[C@@H](CCC(N)=O)C(=O)O. The molecule has 0 saturated heterocycles. The van der Waals surface area contributed by atoms with Gasteiger partial charge in [0.15, 0.2) is 0 Å². The minimum atomic E-state index is -4.23. The molecule has 10 heteroatoms. The van der Waals surface area contributed by atoms with Crippen LogP contribution in [0.4, 0.5) is 0 Å². The molecule has 4 N–H and O–H groups in total. The minimum Gasteiger partial charge on any atom is -0.495 e. The van der Waals surface area contributed by atoms with Crippen LogP contribution in [0.25, 0.3) is 0 Å². The number of carbonyl (C=O) groups excluding carboxylic acids is 1. The van der Waals surface area contributed by atoms with Crippen LogP contribution in [0.2, 0.25) is 5.02 Å². The van der Waals surface area contributed by atoms with E-state index in [0.717, 1.165) is 0 Å². The fraction of sp³-hybridized carbons (Fsp3) is 0.385. The number of hydrogen-bond acceptors (Lipinski definition) is 5. The second kappa shape index (κ2) is 7.62. The Morgan fingerprint density at radius 1 is 1.43 bits per heavy atom. The summed E-state index contributed by atoms with van der Waals surface area (Å²) < 4.78 is 31.8. The van der Waals surface area contributed by atoms with E-state index >= 15 is 0 Å². The second-order valence-electron chi connectivity index (χ2n) is 4.77. The van der Waals surface area contributed by atoms with Gasteiger partial charge in [-0.3, -0.25) is 9.59 Å². The summed E-state index contributed by atoms with van der Waals surface area (Å²) in [6.07, 6.45) is -0.545. The molecule has 0 aliphatic heterocycles. The topological polar surface area (TPSA) is 136 Å². The van der Waals surface area contributed by atoms with E-state index in [2.05, 4.69) is 0 Å². The quantitative estimate of drug-likeness (QED) is 0.619. The van der Waals surface area contributed by atoms with Crippen molar-refractivity contribution in [3.63, 3.8) is 0 Å². The fourth-order valence-corrected chi connectivity index (χ4v) is 3.41. The Morgan fingerprint density at radius 3 is 2.52 bits per heavy atom. The fourth-order valence-electron chi connectivity index (χ4n) is 1.78. The molecular weight excluding hydrogens is 348 g/mol. The highest BCUT2D eigenvalue weighted by Crippen LogP contribution is 2.30. The van der Waals surface area contributed by atoms with Crippen molar-refractivity contribution in [2.45, 2.75) is 30.7 Å². The molecule has 0 unspecified atom stereocenters. The number of carboxylic acid groups (broad SMARTS) is 1. The molecule has 1 amide bonds. The average Bonchev–Trinajstić information content (AvgIpc) is 2.45. The maximum absolute atomic E-state index is 12.4. The number of sulfonamides is 1. The lowest BCUT2D eigenvalue weighted by Gasteiger charge is -2.16. The van der Waals surface area contributed by atoms with Crippen LogP contribution in [0.5, 0.6) is 5.75 Å². The summed E-state index contributed by atoms with van der Waals surface area (Å²) in [6, 6.07) is 1.10. The molecule has 0 spiro atoms. The summed E-state index contributed by atoms with van der Waals surface area (Å²) in [4.78, 5) is 21.6. The van der Waals surface area contributed by atoms with Crippen molar-refractivity contribution in [1.82, 2.24) is 4.72 Å². The summed E-state index contributed by atoms with van der Waals surface area (Å²) >= 11 is 5.93. The number of halogens is 1. The van der Waals surface area contributed by atoms with Crippen LogP contribution in [0.15, 0.2) is 17.0 Å². The molecule has 1 atom stereocenters. The monoisotopic (exact) mass is 364 g/mol. The molecule has 1 aromatic carbocycles. The molecule has 0 aliphatic rings. The van der Waals surface area contributed by atoms with E-state index in [4.69, 9.17) is 27.2 Å². The van der Waals surface area contributed by atoms with Gasteiger partial charge in [0.2, 0.25) is 15.9 Å². The molecule has 1 rings (SSSR count). The molecular formula is C13H17ClN2O6S. The van der Waals surface area contributed by atoms with Crippen LogP contribution in [0.3, 0.4) is 0 Å². The lowest BCUT2D eigenvalue weighted by atomic mass is 10.2. The lowest BCUT2D eigenvalue weighted by Crippen LogP contribution is -2.41. The van der Waals surface area contributed by atoms with Gasteiger partial charge >= 0.3 is 5.97 Å². The zero-order valence-corrected chi connectivity index (χ0v) is 14.1. The second-order valence-corrected chi connectivity index (χ2v) is 6.86. The smallest absolute Gasteiger partial charge is 0.321 e. The van der Waals surface area contributed by atoms with Gasteiger partial charge in [0.05, 0.1) is 7.11 Å². The van der Waals surface area contributed by atoms with E-state index in [1.807, 2.05) is 4.72 Å². The zero-order chi connectivity index (χ0) is 17.8. The number of amides is 1. The first kappa shape index (κ1) is 19.2. The molecule has 1 aromatic rings. The molecule has 23 heavy (non-hydrogen) atoms. The Morgan fingerprint density at radius 2 is 2.04 bits per heavy atom. The summed E-state index contributed by atoms with van der Waals surface area (Å²) in [6.45, 7) is 1.67. The number of ether oxygens (including phenoxy) is 1. The molecule has 0 radical (unpaired) electrons. The minimum absolute atomic E-state index is 0.0263. The van der Waals surface area contributed by atoms with Gasteiger partial charge in [0.25, 0.3) is 0 Å². The molecule has 0 saturated carbocycles. The largest absolute Gasteiger partial charge is 0.495 e. The molecule has 0 heterocycles. The molecule has 128 valence electrons. The van der Waals surface area contributed by atoms with Crippen LogP contribution in [0.1, 0.15) is 18.4 Å². The predicted octanol–water partition coefficient (Wildman–Crippen LogP) is 0.654. The number of aryl methyl sites for hydroxylation is 1. The Bertz CT molecular complexity index is 719. The number of aliphatic carboxylic acids is 1. The van der Waals surface area contributed by atoms with Gasteiger partial charge in [-0.2, -0.15) is 4.72 Å². The first-order valence-corrected chi connectivity index (χ1v) is 8.32. The Hall–Kier alpha value is -1.84. The zero-order valence-electron chi connectivity index (χ0n) is 12.5. The highest BCUT2D eigenvalue weighted by Gasteiger charge is 2.28. The predicted molar refractivity (Wildman–Crippen MR) is 82.9 cm³/mol. The molecule has 0 aliphatic carbocycles. The summed E-state index contributed by atoms with van der Waals surface area (Å²) in [5, 5.41) is 9.28. The van der Waals surface area contributed by atoms with Gasteiger partial charge in [0, 0.05) is 11.4 Å². The number of nitrogens with two attached hydrogens (primary N) is 1. The Labute approximate surface area is 138 Å². The number of benzene rings is 1. The van der Waals surface area contributed by atoms with Crippen molar-refractivity contribution >= 4 is 33.5 Å². The average molecular weight is 365 g/mol. The van der Waals surface area contributed by atoms with Gasteiger partial charge < -0.3 is 15.6 Å². The van der Waals surface area contributed by atoms with Gasteiger partial charge in [-0.1, -0.05) is 11.6 Å². The third-order valence-corrected chi connectivity index (χ3v) is 4.91. The van der Waals surface area contributed by atoms with Crippen LogP contribution in [-0.4, -0.2) is 38.6 Å². The number of nitrogens with one attached hydrogen (secondary N) is 1.